The van der Waals surface area contributed by atoms with Crippen molar-refractivity contribution in [3.63, 3.8) is 0 Å². The minimum atomic E-state index is 0.566. The largest absolute Gasteiger partial charge is 0.357 e. The molecule has 29 heavy (non-hydrogen) atoms. The van der Waals surface area contributed by atoms with Gasteiger partial charge in [-0.05, 0) is 43.6 Å². The third-order valence-electron chi connectivity index (χ3n) is 4.34. The van der Waals surface area contributed by atoms with E-state index in [1.807, 2.05) is 24.5 Å². The van der Waals surface area contributed by atoms with Gasteiger partial charge in [-0.2, -0.15) is 0 Å². The second kappa shape index (κ2) is 12.8. The molecule has 0 spiro atoms. The summed E-state index contributed by atoms with van der Waals surface area (Å²) in [6, 6.07) is 7.96. The van der Waals surface area contributed by atoms with Crippen LogP contribution in [0.3, 0.4) is 0 Å². The quantitative estimate of drug-likeness (QED) is 0.241. The number of thioether (sulfide) groups is 1. The zero-order valence-corrected chi connectivity index (χ0v) is 19.5. The molecule has 0 atom stereocenters. The minimum Gasteiger partial charge on any atom is -0.357 e. The molecule has 2 rings (SSSR count). The molecule has 160 valence electrons. The Labute approximate surface area is 183 Å². The van der Waals surface area contributed by atoms with Crippen LogP contribution in [-0.2, 0) is 19.4 Å². The SMILES string of the molecule is CCNC(=NCCCc1nnc(SC)n1CC(C)C)NCCc1ccccc1Cl. The van der Waals surface area contributed by atoms with Gasteiger partial charge in [0.15, 0.2) is 11.1 Å². The van der Waals surface area contributed by atoms with Crippen LogP contribution in [0.2, 0.25) is 5.02 Å². The van der Waals surface area contributed by atoms with Crippen molar-refractivity contribution in [3.05, 3.63) is 40.7 Å². The van der Waals surface area contributed by atoms with E-state index >= 15 is 0 Å². The van der Waals surface area contributed by atoms with E-state index in [-0.39, 0.29) is 0 Å². The molecular formula is C21H33ClN6S. The number of aliphatic imine (C=N–C) groups is 1. The molecule has 0 amide bonds. The maximum atomic E-state index is 6.23. The van der Waals surface area contributed by atoms with Crippen molar-refractivity contribution in [2.24, 2.45) is 10.9 Å². The van der Waals surface area contributed by atoms with E-state index in [1.54, 1.807) is 11.8 Å². The van der Waals surface area contributed by atoms with Crippen LogP contribution in [0.25, 0.3) is 0 Å². The smallest absolute Gasteiger partial charge is 0.191 e. The molecule has 0 radical (unpaired) electrons. The number of benzene rings is 1. The van der Waals surface area contributed by atoms with Gasteiger partial charge in [0, 0.05) is 37.6 Å². The number of guanidine groups is 1. The van der Waals surface area contributed by atoms with Crippen molar-refractivity contribution in [1.29, 1.82) is 0 Å². The van der Waals surface area contributed by atoms with Crippen LogP contribution in [0.5, 0.6) is 0 Å². The standard InChI is InChI=1S/C21H33ClN6S/c1-5-23-20(25-14-12-17-9-6-7-10-18(17)22)24-13-8-11-19-26-27-21(29-4)28(19)15-16(2)3/h6-7,9-10,16H,5,8,11-15H2,1-4H3,(H2,23,24,25). The molecule has 2 aromatic rings. The number of rotatable bonds is 11. The Kier molecular flexibility index (Phi) is 10.4. The normalized spacial score (nSPS) is 11.9. The summed E-state index contributed by atoms with van der Waals surface area (Å²) in [6.45, 7) is 9.82. The van der Waals surface area contributed by atoms with Crippen LogP contribution >= 0.6 is 23.4 Å². The van der Waals surface area contributed by atoms with E-state index in [0.717, 1.165) is 73.0 Å². The number of hydrogen-bond donors (Lipinski definition) is 2. The Balaban J connectivity index is 1.84. The summed E-state index contributed by atoms with van der Waals surface area (Å²) in [5.41, 5.74) is 1.15. The Morgan fingerprint density at radius 2 is 2.00 bits per heavy atom. The molecule has 0 bridgehead atoms. The van der Waals surface area contributed by atoms with E-state index in [9.17, 15) is 0 Å². The van der Waals surface area contributed by atoms with Gasteiger partial charge in [0.2, 0.25) is 0 Å². The second-order valence-corrected chi connectivity index (χ2v) is 8.42. The minimum absolute atomic E-state index is 0.566. The molecule has 0 saturated carbocycles. The summed E-state index contributed by atoms with van der Waals surface area (Å²) in [4.78, 5) is 4.70. The zero-order chi connectivity index (χ0) is 21.1. The maximum Gasteiger partial charge on any atom is 0.191 e. The Hall–Kier alpha value is -1.73. The molecule has 2 N–H and O–H groups in total. The molecule has 8 heteroatoms. The maximum absolute atomic E-state index is 6.23. The van der Waals surface area contributed by atoms with Gasteiger partial charge >= 0.3 is 0 Å². The lowest BCUT2D eigenvalue weighted by atomic mass is 10.1. The average Bonchev–Trinajstić information content (AvgIpc) is 3.07. The van der Waals surface area contributed by atoms with Crippen LogP contribution < -0.4 is 10.6 Å². The van der Waals surface area contributed by atoms with Gasteiger partial charge < -0.3 is 15.2 Å². The molecule has 0 saturated heterocycles. The number of nitrogens with one attached hydrogen (secondary N) is 2. The van der Waals surface area contributed by atoms with Crippen molar-refractivity contribution in [3.8, 4) is 0 Å². The lowest BCUT2D eigenvalue weighted by Gasteiger charge is -2.12. The average molecular weight is 437 g/mol. The lowest BCUT2D eigenvalue weighted by molar-refractivity contribution is 0.477. The number of nitrogens with zero attached hydrogens (tertiary/aromatic N) is 4. The van der Waals surface area contributed by atoms with Crippen molar-refractivity contribution >= 4 is 29.3 Å². The van der Waals surface area contributed by atoms with E-state index in [0.29, 0.717) is 5.92 Å². The van der Waals surface area contributed by atoms with Gasteiger partial charge in [0.25, 0.3) is 0 Å². The summed E-state index contributed by atoms with van der Waals surface area (Å²) >= 11 is 7.88. The van der Waals surface area contributed by atoms with Crippen molar-refractivity contribution in [1.82, 2.24) is 25.4 Å². The fourth-order valence-corrected chi connectivity index (χ4v) is 3.74. The Morgan fingerprint density at radius 1 is 1.21 bits per heavy atom. The first-order valence-corrected chi connectivity index (χ1v) is 11.9. The highest BCUT2D eigenvalue weighted by Crippen LogP contribution is 2.17. The number of halogens is 1. The first-order valence-electron chi connectivity index (χ1n) is 10.3. The summed E-state index contributed by atoms with van der Waals surface area (Å²) in [7, 11) is 0. The molecule has 6 nitrogen and oxygen atoms in total. The molecule has 0 aliphatic rings. The highest BCUT2D eigenvalue weighted by molar-refractivity contribution is 7.98. The van der Waals surface area contributed by atoms with Crippen molar-refractivity contribution in [2.75, 3.05) is 25.9 Å². The second-order valence-electron chi connectivity index (χ2n) is 7.24. The van der Waals surface area contributed by atoms with E-state index < -0.39 is 0 Å². The van der Waals surface area contributed by atoms with E-state index in [2.05, 4.69) is 52.2 Å². The van der Waals surface area contributed by atoms with Gasteiger partial charge in [-0.3, -0.25) is 4.99 Å². The summed E-state index contributed by atoms with van der Waals surface area (Å²) in [5, 5.41) is 17.2. The van der Waals surface area contributed by atoms with Crippen molar-refractivity contribution in [2.45, 2.75) is 51.7 Å². The number of hydrogen-bond acceptors (Lipinski definition) is 4. The lowest BCUT2D eigenvalue weighted by Crippen LogP contribution is -2.38. The van der Waals surface area contributed by atoms with E-state index in [1.165, 1.54) is 0 Å². The monoisotopic (exact) mass is 436 g/mol. The first kappa shape index (κ1) is 23.5. The molecule has 0 unspecified atom stereocenters. The van der Waals surface area contributed by atoms with Crippen LogP contribution in [0, 0.1) is 5.92 Å². The van der Waals surface area contributed by atoms with Gasteiger partial charge in [0.05, 0.1) is 0 Å². The zero-order valence-electron chi connectivity index (χ0n) is 17.9. The third kappa shape index (κ3) is 7.90. The fraction of sp³-hybridized carbons (Fsp3) is 0.571. The topological polar surface area (TPSA) is 67.1 Å². The third-order valence-corrected chi connectivity index (χ3v) is 5.38. The number of aryl methyl sites for hydroxylation is 1. The Morgan fingerprint density at radius 3 is 2.69 bits per heavy atom. The predicted molar refractivity (Wildman–Crippen MR) is 124 cm³/mol. The number of aromatic nitrogens is 3. The predicted octanol–water partition coefficient (Wildman–Crippen LogP) is 4.04. The molecule has 1 aromatic heterocycles. The first-order chi connectivity index (χ1) is 14.0. The van der Waals surface area contributed by atoms with Crippen LogP contribution in [0.1, 0.15) is 38.6 Å². The molecular weight excluding hydrogens is 404 g/mol. The molecule has 0 aliphatic heterocycles. The van der Waals surface area contributed by atoms with Gasteiger partial charge in [-0.1, -0.05) is 55.4 Å². The van der Waals surface area contributed by atoms with E-state index in [4.69, 9.17) is 16.6 Å². The summed E-state index contributed by atoms with van der Waals surface area (Å²) in [5.74, 6) is 2.46. The Bertz CT molecular complexity index is 774. The van der Waals surface area contributed by atoms with Crippen molar-refractivity contribution < 1.29 is 0 Å². The highest BCUT2D eigenvalue weighted by Gasteiger charge is 2.12. The molecule has 0 fully saturated rings. The molecule has 0 aliphatic carbocycles. The summed E-state index contributed by atoms with van der Waals surface area (Å²) < 4.78 is 2.24. The van der Waals surface area contributed by atoms with Crippen LogP contribution in [0.15, 0.2) is 34.4 Å². The van der Waals surface area contributed by atoms with Gasteiger partial charge in [-0.25, -0.2) is 0 Å². The van der Waals surface area contributed by atoms with Crippen LogP contribution in [0.4, 0.5) is 0 Å². The van der Waals surface area contributed by atoms with Gasteiger partial charge in [0.1, 0.15) is 5.82 Å². The molecule has 1 heterocycles. The van der Waals surface area contributed by atoms with Crippen LogP contribution in [-0.4, -0.2) is 46.6 Å². The highest BCUT2D eigenvalue weighted by atomic mass is 35.5. The van der Waals surface area contributed by atoms with Gasteiger partial charge in [-0.15, -0.1) is 10.2 Å². The summed E-state index contributed by atoms with van der Waals surface area (Å²) in [6.07, 6.45) is 4.72. The molecule has 1 aromatic carbocycles. The fourth-order valence-electron chi connectivity index (χ4n) is 2.99.